The summed E-state index contributed by atoms with van der Waals surface area (Å²) in [4.78, 5) is 11.5. The van der Waals surface area contributed by atoms with E-state index in [4.69, 9.17) is 4.98 Å². The first-order chi connectivity index (χ1) is 19.3. The molecule has 0 saturated carbocycles. The molecule has 1 aromatic heterocycles. The van der Waals surface area contributed by atoms with Crippen molar-refractivity contribution in [3.05, 3.63) is 158 Å². The van der Waals surface area contributed by atoms with Crippen LogP contribution in [0, 0.1) is 0 Å². The van der Waals surface area contributed by atoms with Gasteiger partial charge in [0.05, 0.1) is 12.2 Å². The Bertz CT molecular complexity index is 1580. The molecule has 0 amide bonds. The number of nitrogens with zero attached hydrogens (tertiary/aromatic N) is 3. The number of para-hydroxylation sites is 3. The molecule has 1 heterocycles. The van der Waals surface area contributed by atoms with Gasteiger partial charge in [-0.15, -0.1) is 0 Å². The van der Waals surface area contributed by atoms with Gasteiger partial charge in [0, 0.05) is 34.5 Å². The molecule has 1 N–H and O–H groups in total. The van der Waals surface area contributed by atoms with Crippen molar-refractivity contribution in [1.82, 2.24) is 9.97 Å². The van der Waals surface area contributed by atoms with Crippen molar-refractivity contribution in [2.24, 2.45) is 0 Å². The Morgan fingerprint density at radius 2 is 0.974 bits per heavy atom. The van der Waals surface area contributed by atoms with Gasteiger partial charge >= 0.3 is 0 Å². The normalized spacial score (nSPS) is 10.7. The van der Waals surface area contributed by atoms with E-state index in [9.17, 15) is 0 Å². The van der Waals surface area contributed by atoms with E-state index in [1.54, 1.807) is 0 Å². The largest absolute Gasteiger partial charge is 0.378 e. The van der Waals surface area contributed by atoms with Crippen LogP contribution in [0.1, 0.15) is 5.82 Å². The van der Waals surface area contributed by atoms with Crippen LogP contribution in [0.5, 0.6) is 0 Å². The summed E-state index contributed by atoms with van der Waals surface area (Å²) in [5, 5.41) is 3.37. The van der Waals surface area contributed by atoms with E-state index in [0.717, 1.165) is 45.4 Å². The minimum atomic E-state index is 0.575. The third-order valence-corrected chi connectivity index (χ3v) is 6.60. The quantitative estimate of drug-likeness (QED) is 0.225. The molecule has 0 unspecified atom stereocenters. The van der Waals surface area contributed by atoms with E-state index >= 15 is 0 Å². The van der Waals surface area contributed by atoms with Gasteiger partial charge in [-0.3, -0.25) is 0 Å². The number of nitrogens with one attached hydrogen (secondary N) is 1. The Balaban J connectivity index is 1.20. The fourth-order valence-electron chi connectivity index (χ4n) is 4.62. The van der Waals surface area contributed by atoms with Crippen LogP contribution in [0.4, 0.5) is 22.7 Å². The molecule has 4 nitrogen and oxygen atoms in total. The molecular formula is C35H28N4. The lowest BCUT2D eigenvalue weighted by Gasteiger charge is -2.25. The average Bonchev–Trinajstić information content (AvgIpc) is 3.02. The maximum atomic E-state index is 4.77. The first-order valence-electron chi connectivity index (χ1n) is 13.1. The van der Waals surface area contributed by atoms with Gasteiger partial charge in [0.15, 0.2) is 0 Å². The number of aromatic nitrogens is 2. The lowest BCUT2D eigenvalue weighted by Crippen LogP contribution is -2.09. The number of anilines is 4. The average molecular weight is 505 g/mol. The molecule has 0 aliphatic heterocycles. The zero-order valence-corrected chi connectivity index (χ0v) is 21.5. The Hall–Kier alpha value is -5.22. The van der Waals surface area contributed by atoms with Gasteiger partial charge in [-0.25, -0.2) is 9.97 Å². The molecule has 0 bridgehead atoms. The number of rotatable bonds is 8. The van der Waals surface area contributed by atoms with Gasteiger partial charge in [-0.05, 0) is 65.7 Å². The second kappa shape index (κ2) is 11.4. The van der Waals surface area contributed by atoms with E-state index in [1.165, 1.54) is 5.56 Å². The zero-order valence-electron chi connectivity index (χ0n) is 21.5. The summed E-state index contributed by atoms with van der Waals surface area (Å²) in [5.41, 5.74) is 8.74. The van der Waals surface area contributed by atoms with Crippen LogP contribution in [0.25, 0.3) is 22.4 Å². The van der Waals surface area contributed by atoms with Gasteiger partial charge in [0.1, 0.15) is 5.82 Å². The predicted molar refractivity (Wildman–Crippen MR) is 161 cm³/mol. The molecule has 0 atom stereocenters. The van der Waals surface area contributed by atoms with Crippen molar-refractivity contribution in [3.63, 3.8) is 0 Å². The Morgan fingerprint density at radius 1 is 0.487 bits per heavy atom. The van der Waals surface area contributed by atoms with Gasteiger partial charge < -0.3 is 10.2 Å². The second-order valence-electron chi connectivity index (χ2n) is 9.21. The van der Waals surface area contributed by atoms with Crippen LogP contribution in [0.3, 0.4) is 0 Å². The molecule has 0 aliphatic carbocycles. The van der Waals surface area contributed by atoms with E-state index in [2.05, 4.69) is 112 Å². The van der Waals surface area contributed by atoms with Crippen molar-refractivity contribution in [2.75, 3.05) is 10.2 Å². The van der Waals surface area contributed by atoms with Gasteiger partial charge in [0.2, 0.25) is 0 Å². The minimum Gasteiger partial charge on any atom is -0.378 e. The van der Waals surface area contributed by atoms with Crippen molar-refractivity contribution in [2.45, 2.75) is 6.54 Å². The van der Waals surface area contributed by atoms with E-state index in [-0.39, 0.29) is 0 Å². The van der Waals surface area contributed by atoms with Crippen molar-refractivity contribution < 1.29 is 0 Å². The van der Waals surface area contributed by atoms with E-state index < -0.39 is 0 Å². The van der Waals surface area contributed by atoms with Crippen LogP contribution < -0.4 is 10.2 Å². The van der Waals surface area contributed by atoms with Gasteiger partial charge in [-0.1, -0.05) is 91.0 Å². The number of hydrogen-bond acceptors (Lipinski definition) is 4. The molecule has 0 fully saturated rings. The summed E-state index contributed by atoms with van der Waals surface area (Å²) in [6.45, 7) is 0.575. The maximum absolute atomic E-state index is 4.77. The molecule has 0 saturated heterocycles. The fraction of sp³-hybridized carbons (Fsp3) is 0.0286. The van der Waals surface area contributed by atoms with E-state index in [0.29, 0.717) is 6.54 Å². The molecule has 0 aliphatic rings. The maximum Gasteiger partial charge on any atom is 0.147 e. The second-order valence-corrected chi connectivity index (χ2v) is 9.21. The molecule has 39 heavy (non-hydrogen) atoms. The summed E-state index contributed by atoms with van der Waals surface area (Å²) in [5.74, 6) is 0.761. The zero-order chi connectivity index (χ0) is 26.3. The summed E-state index contributed by atoms with van der Waals surface area (Å²) in [6, 6.07) is 50.3. The standard InChI is InChI=1S/C35H28N4/c1-4-10-30(11-5-1)37-26-35-36-25-24-34(38-35)29-18-16-27(17-19-29)28-20-22-33(23-21-28)39(31-12-6-2-7-13-31)32-14-8-3-9-15-32/h1-25,37H,26H2. The molecule has 188 valence electrons. The summed E-state index contributed by atoms with van der Waals surface area (Å²) in [6.07, 6.45) is 1.82. The summed E-state index contributed by atoms with van der Waals surface area (Å²) >= 11 is 0. The highest BCUT2D eigenvalue weighted by atomic mass is 15.1. The molecule has 4 heteroatoms. The SMILES string of the molecule is c1ccc(NCc2nccc(-c3ccc(-c4ccc(N(c5ccccc5)c5ccccc5)cc4)cc3)n2)cc1. The van der Waals surface area contributed by atoms with Crippen LogP contribution in [-0.4, -0.2) is 9.97 Å². The monoisotopic (exact) mass is 504 g/mol. The van der Waals surface area contributed by atoms with Crippen molar-refractivity contribution in [1.29, 1.82) is 0 Å². The lowest BCUT2D eigenvalue weighted by molar-refractivity contribution is 0.952. The van der Waals surface area contributed by atoms with Gasteiger partial charge in [0.25, 0.3) is 0 Å². The fourth-order valence-corrected chi connectivity index (χ4v) is 4.62. The third kappa shape index (κ3) is 5.71. The van der Waals surface area contributed by atoms with Gasteiger partial charge in [-0.2, -0.15) is 0 Å². The molecule has 0 spiro atoms. The molecule has 6 rings (SSSR count). The molecule has 6 aromatic rings. The predicted octanol–water partition coefficient (Wildman–Crippen LogP) is 8.89. The first-order valence-corrected chi connectivity index (χ1v) is 13.1. The summed E-state index contributed by atoms with van der Waals surface area (Å²) in [7, 11) is 0. The number of hydrogen-bond donors (Lipinski definition) is 1. The molecule has 5 aromatic carbocycles. The summed E-state index contributed by atoms with van der Waals surface area (Å²) < 4.78 is 0. The molecular weight excluding hydrogens is 476 g/mol. The van der Waals surface area contributed by atoms with Crippen LogP contribution in [0.15, 0.2) is 152 Å². The lowest BCUT2D eigenvalue weighted by atomic mass is 10.0. The smallest absolute Gasteiger partial charge is 0.147 e. The molecule has 0 radical (unpaired) electrons. The topological polar surface area (TPSA) is 41.1 Å². The Labute approximate surface area is 229 Å². The highest BCUT2D eigenvalue weighted by Gasteiger charge is 2.12. The van der Waals surface area contributed by atoms with Crippen molar-refractivity contribution >= 4 is 22.7 Å². The minimum absolute atomic E-state index is 0.575. The highest BCUT2D eigenvalue weighted by molar-refractivity contribution is 5.78. The number of benzene rings is 5. The first kappa shape index (κ1) is 24.1. The van der Waals surface area contributed by atoms with Crippen LogP contribution >= 0.6 is 0 Å². The Kier molecular flexibility index (Phi) is 7.08. The van der Waals surface area contributed by atoms with Crippen molar-refractivity contribution in [3.8, 4) is 22.4 Å². The Morgan fingerprint density at radius 3 is 1.56 bits per heavy atom. The third-order valence-electron chi connectivity index (χ3n) is 6.60. The highest BCUT2D eigenvalue weighted by Crippen LogP contribution is 2.35. The van der Waals surface area contributed by atoms with E-state index in [1.807, 2.05) is 54.7 Å². The van der Waals surface area contributed by atoms with Crippen LogP contribution in [-0.2, 0) is 6.54 Å². The van der Waals surface area contributed by atoms with Crippen LogP contribution in [0.2, 0.25) is 0 Å².